The zero-order valence-electron chi connectivity index (χ0n) is 14.5. The minimum absolute atomic E-state index is 0.0279. The Bertz CT molecular complexity index is 1120. The highest BCUT2D eigenvalue weighted by Crippen LogP contribution is 2.33. The number of rotatable bonds is 3. The summed E-state index contributed by atoms with van der Waals surface area (Å²) in [6.07, 6.45) is 0.0279. The number of hydrogen-bond acceptors (Lipinski definition) is 6. The van der Waals surface area contributed by atoms with Gasteiger partial charge in [0, 0.05) is 6.42 Å². The van der Waals surface area contributed by atoms with E-state index in [4.69, 9.17) is 5.84 Å². The Balaban J connectivity index is 1.66. The number of nitrogen functional groups attached to an aromatic ring is 1. The quantitative estimate of drug-likeness (QED) is 0.423. The van der Waals surface area contributed by atoms with Crippen LogP contribution in [0.2, 0.25) is 0 Å². The maximum Gasteiger partial charge on any atom is 0.280 e. The van der Waals surface area contributed by atoms with Crippen molar-refractivity contribution < 1.29 is 9.59 Å². The van der Waals surface area contributed by atoms with Crippen molar-refractivity contribution in [3.8, 4) is 0 Å². The van der Waals surface area contributed by atoms with Gasteiger partial charge in [-0.1, -0.05) is 41.6 Å². The van der Waals surface area contributed by atoms with Gasteiger partial charge in [-0.15, -0.1) is 0 Å². The number of aryl methyl sites for hydroxylation is 1. The molecule has 2 amide bonds. The third kappa shape index (κ3) is 2.97. The Morgan fingerprint density at radius 1 is 1.07 bits per heavy atom. The first-order valence-electron chi connectivity index (χ1n) is 8.32. The molecule has 1 atom stereocenters. The van der Waals surface area contributed by atoms with Crippen molar-refractivity contribution in [1.82, 2.24) is 9.66 Å². The highest BCUT2D eigenvalue weighted by atomic mass is 32.2. The molecule has 7 nitrogen and oxygen atoms in total. The molecule has 4 rings (SSSR count). The van der Waals surface area contributed by atoms with Crippen molar-refractivity contribution in [2.24, 2.45) is 0 Å². The fourth-order valence-corrected chi connectivity index (χ4v) is 4.03. The van der Waals surface area contributed by atoms with Crippen molar-refractivity contribution in [3.63, 3.8) is 0 Å². The molecule has 0 spiro atoms. The third-order valence-corrected chi connectivity index (χ3v) is 5.57. The molecular weight excluding hydrogens is 364 g/mol. The largest absolute Gasteiger partial charge is 0.334 e. The normalized spacial score (nSPS) is 17.1. The second-order valence-electron chi connectivity index (χ2n) is 6.30. The van der Waals surface area contributed by atoms with E-state index >= 15 is 0 Å². The molecule has 0 unspecified atom stereocenters. The standard InChI is InChI=1S/C19H16N4O3S/c1-11-6-8-12(9-7-11)22-16(24)10-15(18(22)26)27-19-21-14-5-3-2-4-13(14)17(25)23(19)20/h2-9,15H,10,20H2,1H3/t15-/m1/s1. The van der Waals surface area contributed by atoms with Crippen LogP contribution in [0, 0.1) is 6.92 Å². The molecule has 0 radical (unpaired) electrons. The van der Waals surface area contributed by atoms with Gasteiger partial charge in [-0.05, 0) is 31.2 Å². The van der Waals surface area contributed by atoms with Gasteiger partial charge in [-0.3, -0.25) is 14.4 Å². The summed E-state index contributed by atoms with van der Waals surface area (Å²) in [7, 11) is 0. The number of imide groups is 1. The number of thioether (sulfide) groups is 1. The molecule has 0 bridgehead atoms. The summed E-state index contributed by atoms with van der Waals surface area (Å²) < 4.78 is 0.930. The lowest BCUT2D eigenvalue weighted by molar-refractivity contribution is -0.121. The van der Waals surface area contributed by atoms with Crippen molar-refractivity contribution in [1.29, 1.82) is 0 Å². The molecule has 2 N–H and O–H groups in total. The van der Waals surface area contributed by atoms with Crippen LogP contribution in [0.3, 0.4) is 0 Å². The van der Waals surface area contributed by atoms with Crippen LogP contribution < -0.4 is 16.3 Å². The fraction of sp³-hybridized carbons (Fsp3) is 0.158. The molecule has 1 fully saturated rings. The van der Waals surface area contributed by atoms with Crippen molar-refractivity contribution >= 4 is 40.2 Å². The number of anilines is 1. The number of benzene rings is 2. The van der Waals surface area contributed by atoms with Gasteiger partial charge in [0.25, 0.3) is 5.56 Å². The molecule has 8 heteroatoms. The lowest BCUT2D eigenvalue weighted by Crippen LogP contribution is -2.33. The number of nitrogens with zero attached hydrogens (tertiary/aromatic N) is 3. The van der Waals surface area contributed by atoms with Gasteiger partial charge in [-0.25, -0.2) is 14.6 Å². The molecule has 1 aliphatic heterocycles. The molecular formula is C19H16N4O3S. The van der Waals surface area contributed by atoms with E-state index in [1.807, 2.05) is 19.1 Å². The van der Waals surface area contributed by atoms with E-state index in [1.54, 1.807) is 36.4 Å². The van der Waals surface area contributed by atoms with E-state index in [9.17, 15) is 14.4 Å². The Hall–Kier alpha value is -3.13. The van der Waals surface area contributed by atoms with Gasteiger partial charge in [0.05, 0.1) is 16.6 Å². The molecule has 2 aromatic carbocycles. The average molecular weight is 380 g/mol. The van der Waals surface area contributed by atoms with Gasteiger partial charge in [0.1, 0.15) is 5.25 Å². The van der Waals surface area contributed by atoms with Gasteiger partial charge in [0.2, 0.25) is 11.8 Å². The molecule has 2 heterocycles. The number of amides is 2. The summed E-state index contributed by atoms with van der Waals surface area (Å²) in [5.41, 5.74) is 1.68. The predicted molar refractivity (Wildman–Crippen MR) is 104 cm³/mol. The molecule has 1 saturated heterocycles. The number of nitrogens with two attached hydrogens (primary N) is 1. The number of fused-ring (bicyclic) bond motifs is 1. The van der Waals surface area contributed by atoms with E-state index in [2.05, 4.69) is 4.98 Å². The van der Waals surface area contributed by atoms with Crippen molar-refractivity contribution in [3.05, 3.63) is 64.4 Å². The smallest absolute Gasteiger partial charge is 0.280 e. The topological polar surface area (TPSA) is 98.3 Å². The first-order chi connectivity index (χ1) is 13.0. The number of hydrogen-bond donors (Lipinski definition) is 1. The van der Waals surface area contributed by atoms with E-state index in [0.29, 0.717) is 16.6 Å². The minimum Gasteiger partial charge on any atom is -0.334 e. The molecule has 3 aromatic rings. The molecule has 1 aliphatic rings. The summed E-state index contributed by atoms with van der Waals surface area (Å²) in [6, 6.07) is 14.0. The Kier molecular flexibility index (Phi) is 4.19. The zero-order valence-corrected chi connectivity index (χ0v) is 15.3. The second-order valence-corrected chi connectivity index (χ2v) is 7.47. The highest BCUT2D eigenvalue weighted by molar-refractivity contribution is 8.00. The summed E-state index contributed by atoms with van der Waals surface area (Å²) >= 11 is 1.04. The van der Waals surface area contributed by atoms with Gasteiger partial charge >= 0.3 is 0 Å². The summed E-state index contributed by atoms with van der Waals surface area (Å²) in [4.78, 5) is 43.2. The second kappa shape index (κ2) is 6.55. The van der Waals surface area contributed by atoms with Gasteiger partial charge in [0.15, 0.2) is 5.16 Å². The van der Waals surface area contributed by atoms with Crippen LogP contribution in [-0.4, -0.2) is 26.7 Å². The van der Waals surface area contributed by atoms with Gasteiger partial charge < -0.3 is 5.84 Å². The third-order valence-electron chi connectivity index (χ3n) is 4.42. The molecule has 0 saturated carbocycles. The highest BCUT2D eigenvalue weighted by Gasteiger charge is 2.40. The van der Waals surface area contributed by atoms with Crippen LogP contribution in [0.4, 0.5) is 5.69 Å². The lowest BCUT2D eigenvalue weighted by atomic mass is 10.2. The lowest BCUT2D eigenvalue weighted by Gasteiger charge is -2.15. The first-order valence-corrected chi connectivity index (χ1v) is 9.20. The number of para-hydroxylation sites is 1. The first kappa shape index (κ1) is 17.3. The van der Waals surface area contributed by atoms with Crippen molar-refractivity contribution in [2.45, 2.75) is 23.8 Å². The maximum atomic E-state index is 12.8. The zero-order chi connectivity index (χ0) is 19.1. The number of carbonyl (C=O) groups excluding carboxylic acids is 2. The van der Waals surface area contributed by atoms with E-state index in [-0.39, 0.29) is 23.4 Å². The van der Waals surface area contributed by atoms with Crippen LogP contribution in [0.5, 0.6) is 0 Å². The summed E-state index contributed by atoms with van der Waals surface area (Å²) in [5.74, 6) is 5.26. The SMILES string of the molecule is Cc1ccc(N2C(=O)C[C@@H](Sc3nc4ccccc4c(=O)n3N)C2=O)cc1. The Morgan fingerprint density at radius 3 is 2.52 bits per heavy atom. The van der Waals surface area contributed by atoms with Gasteiger partial charge in [-0.2, -0.15) is 0 Å². The molecule has 27 heavy (non-hydrogen) atoms. The average Bonchev–Trinajstić information content (AvgIpc) is 2.94. The number of aromatic nitrogens is 2. The summed E-state index contributed by atoms with van der Waals surface area (Å²) in [6.45, 7) is 1.93. The molecule has 1 aromatic heterocycles. The Morgan fingerprint density at radius 2 is 1.78 bits per heavy atom. The Labute approximate surface area is 158 Å². The maximum absolute atomic E-state index is 12.8. The van der Waals surface area contributed by atoms with Crippen LogP contribution in [0.1, 0.15) is 12.0 Å². The van der Waals surface area contributed by atoms with Crippen molar-refractivity contribution in [2.75, 3.05) is 10.7 Å². The van der Waals surface area contributed by atoms with E-state index < -0.39 is 10.8 Å². The monoisotopic (exact) mass is 380 g/mol. The molecule has 136 valence electrons. The minimum atomic E-state index is -0.679. The molecule has 0 aliphatic carbocycles. The van der Waals surface area contributed by atoms with Crippen LogP contribution in [0.25, 0.3) is 10.9 Å². The van der Waals surface area contributed by atoms with Crippen LogP contribution >= 0.6 is 11.8 Å². The van der Waals surface area contributed by atoms with Crippen LogP contribution in [0.15, 0.2) is 58.5 Å². The van der Waals surface area contributed by atoms with E-state index in [0.717, 1.165) is 22.0 Å². The van der Waals surface area contributed by atoms with Crippen LogP contribution in [-0.2, 0) is 9.59 Å². The predicted octanol–water partition coefficient (Wildman–Crippen LogP) is 1.84. The van der Waals surface area contributed by atoms with E-state index in [1.165, 1.54) is 4.90 Å². The summed E-state index contributed by atoms with van der Waals surface area (Å²) in [5, 5.41) is -0.0725. The fourth-order valence-electron chi connectivity index (χ4n) is 3.00. The number of carbonyl (C=O) groups is 2.